The first-order valence-corrected chi connectivity index (χ1v) is 8.55. The molecule has 2 nitrogen and oxygen atoms in total. The van der Waals surface area contributed by atoms with Gasteiger partial charge in [0.15, 0.2) is 5.78 Å². The summed E-state index contributed by atoms with van der Waals surface area (Å²) in [6.45, 7) is 5.98. The van der Waals surface area contributed by atoms with Gasteiger partial charge in [0.1, 0.15) is 5.82 Å². The van der Waals surface area contributed by atoms with Gasteiger partial charge >= 0.3 is 0 Å². The van der Waals surface area contributed by atoms with E-state index >= 15 is 0 Å². The second-order valence-electron chi connectivity index (χ2n) is 5.72. The Bertz CT molecular complexity index is 508. The van der Waals surface area contributed by atoms with Crippen molar-refractivity contribution < 1.29 is 9.18 Å². The lowest BCUT2D eigenvalue weighted by Crippen LogP contribution is -2.53. The predicted octanol–water partition coefficient (Wildman–Crippen LogP) is 4.35. The topological polar surface area (TPSA) is 20.3 Å². The van der Waals surface area contributed by atoms with Crippen LogP contribution in [0.4, 0.5) is 4.39 Å². The van der Waals surface area contributed by atoms with Crippen molar-refractivity contribution in [3.05, 3.63) is 34.1 Å². The Morgan fingerprint density at radius 1 is 1.29 bits per heavy atom. The van der Waals surface area contributed by atoms with Crippen LogP contribution in [0.15, 0.2) is 22.7 Å². The molecule has 1 fully saturated rings. The third-order valence-electron chi connectivity index (χ3n) is 4.70. The molecule has 0 spiro atoms. The molecule has 2 rings (SSSR count). The zero-order valence-electron chi connectivity index (χ0n) is 12.8. The van der Waals surface area contributed by atoms with E-state index in [-0.39, 0.29) is 17.1 Å². The monoisotopic (exact) mass is 355 g/mol. The Kier molecular flexibility index (Phi) is 5.55. The zero-order chi connectivity index (χ0) is 15.5. The standard InChI is InChI=1S/C17H23BrFNO/c1-3-20(4-2)17(10-5-6-11-17)15(21)12-13-8-7-9-14(19)16(13)18/h7-9H,3-6,10-12H2,1-2H3. The van der Waals surface area contributed by atoms with Crippen molar-refractivity contribution in [3.8, 4) is 0 Å². The highest BCUT2D eigenvalue weighted by atomic mass is 79.9. The molecule has 0 aromatic heterocycles. The lowest BCUT2D eigenvalue weighted by molar-refractivity contribution is -0.130. The molecule has 1 aliphatic carbocycles. The summed E-state index contributed by atoms with van der Waals surface area (Å²) in [4.78, 5) is 15.3. The van der Waals surface area contributed by atoms with Gasteiger partial charge < -0.3 is 0 Å². The van der Waals surface area contributed by atoms with Gasteiger partial charge in [-0.25, -0.2) is 4.39 Å². The number of hydrogen-bond donors (Lipinski definition) is 0. The van der Waals surface area contributed by atoms with E-state index in [0.29, 0.717) is 10.9 Å². The van der Waals surface area contributed by atoms with Crippen molar-refractivity contribution in [3.63, 3.8) is 0 Å². The number of carbonyl (C=O) groups excluding carboxylic acids is 1. The molecule has 0 aliphatic heterocycles. The Morgan fingerprint density at radius 3 is 2.48 bits per heavy atom. The molecule has 0 bridgehead atoms. The maximum Gasteiger partial charge on any atom is 0.157 e. The highest BCUT2D eigenvalue weighted by Gasteiger charge is 2.44. The highest BCUT2D eigenvalue weighted by Crippen LogP contribution is 2.37. The van der Waals surface area contributed by atoms with Gasteiger partial charge in [-0.1, -0.05) is 38.8 Å². The summed E-state index contributed by atoms with van der Waals surface area (Å²) >= 11 is 3.27. The third kappa shape index (κ3) is 3.21. The molecular weight excluding hydrogens is 333 g/mol. The van der Waals surface area contributed by atoms with Crippen LogP contribution in [0.2, 0.25) is 0 Å². The summed E-state index contributed by atoms with van der Waals surface area (Å²) in [5.74, 6) is -0.0707. The maximum absolute atomic E-state index is 13.6. The van der Waals surface area contributed by atoms with Crippen LogP contribution in [0.3, 0.4) is 0 Å². The number of benzene rings is 1. The van der Waals surface area contributed by atoms with Crippen LogP contribution in [-0.4, -0.2) is 29.3 Å². The average Bonchev–Trinajstić information content (AvgIpc) is 2.96. The summed E-state index contributed by atoms with van der Waals surface area (Å²) in [5.41, 5.74) is 0.411. The van der Waals surface area contributed by atoms with E-state index in [4.69, 9.17) is 0 Å². The molecule has 1 aromatic rings. The molecule has 116 valence electrons. The van der Waals surface area contributed by atoms with E-state index in [1.54, 1.807) is 6.07 Å². The Labute approximate surface area is 134 Å². The van der Waals surface area contributed by atoms with Crippen molar-refractivity contribution in [1.82, 2.24) is 4.90 Å². The minimum absolute atomic E-state index is 0.231. The van der Waals surface area contributed by atoms with Crippen LogP contribution in [0.1, 0.15) is 45.1 Å². The summed E-state index contributed by atoms with van der Waals surface area (Å²) in [6.07, 6.45) is 4.37. The molecule has 1 saturated carbocycles. The number of carbonyl (C=O) groups is 1. The van der Waals surface area contributed by atoms with Crippen molar-refractivity contribution in [1.29, 1.82) is 0 Å². The molecule has 0 saturated heterocycles. The average molecular weight is 356 g/mol. The number of halogens is 2. The van der Waals surface area contributed by atoms with Gasteiger partial charge in [0.2, 0.25) is 0 Å². The minimum Gasteiger partial charge on any atom is -0.297 e. The summed E-state index contributed by atoms with van der Waals surface area (Å²) < 4.78 is 14.0. The SMILES string of the molecule is CCN(CC)C1(C(=O)Cc2cccc(F)c2Br)CCCC1. The third-order valence-corrected chi connectivity index (χ3v) is 5.59. The fraction of sp³-hybridized carbons (Fsp3) is 0.588. The fourth-order valence-corrected chi connectivity index (χ4v) is 3.99. The molecule has 0 N–H and O–H groups in total. The van der Waals surface area contributed by atoms with Gasteiger partial charge in [0, 0.05) is 6.42 Å². The van der Waals surface area contributed by atoms with Crippen LogP contribution < -0.4 is 0 Å². The second kappa shape index (κ2) is 7.01. The molecule has 0 radical (unpaired) electrons. The molecule has 0 atom stereocenters. The molecule has 21 heavy (non-hydrogen) atoms. The maximum atomic E-state index is 13.6. The molecule has 0 amide bonds. The number of ketones is 1. The molecule has 1 aliphatic rings. The van der Waals surface area contributed by atoms with Crippen molar-refractivity contribution in [2.75, 3.05) is 13.1 Å². The Hall–Kier alpha value is -0.740. The smallest absolute Gasteiger partial charge is 0.157 e. The normalized spacial score (nSPS) is 17.4. The highest BCUT2D eigenvalue weighted by molar-refractivity contribution is 9.10. The van der Waals surface area contributed by atoms with Gasteiger partial charge in [-0.2, -0.15) is 0 Å². The van der Waals surface area contributed by atoms with Gasteiger partial charge in [0.25, 0.3) is 0 Å². The van der Waals surface area contributed by atoms with Crippen LogP contribution in [0.5, 0.6) is 0 Å². The van der Waals surface area contributed by atoms with E-state index in [2.05, 4.69) is 34.7 Å². The Balaban J connectivity index is 2.25. The summed E-state index contributed by atoms with van der Waals surface area (Å²) in [5, 5.41) is 0. The van der Waals surface area contributed by atoms with Crippen LogP contribution >= 0.6 is 15.9 Å². The zero-order valence-corrected chi connectivity index (χ0v) is 14.4. The number of Topliss-reactive ketones (excluding diaryl/α,β-unsaturated/α-hetero) is 1. The predicted molar refractivity (Wildman–Crippen MR) is 86.9 cm³/mol. The number of hydrogen-bond acceptors (Lipinski definition) is 2. The number of likely N-dealkylation sites (N-methyl/N-ethyl adjacent to an activating group) is 1. The second-order valence-corrected chi connectivity index (χ2v) is 6.52. The van der Waals surface area contributed by atoms with Crippen LogP contribution in [0, 0.1) is 5.82 Å². The van der Waals surface area contributed by atoms with E-state index in [1.165, 1.54) is 6.07 Å². The first-order valence-electron chi connectivity index (χ1n) is 7.76. The van der Waals surface area contributed by atoms with Crippen molar-refractivity contribution >= 4 is 21.7 Å². The lowest BCUT2D eigenvalue weighted by Gasteiger charge is -2.39. The van der Waals surface area contributed by atoms with E-state index in [1.807, 2.05) is 6.07 Å². The first-order chi connectivity index (χ1) is 10.0. The lowest BCUT2D eigenvalue weighted by atomic mass is 9.86. The molecule has 1 aromatic carbocycles. The van der Waals surface area contributed by atoms with Gasteiger partial charge in [-0.3, -0.25) is 9.69 Å². The number of nitrogens with zero attached hydrogens (tertiary/aromatic N) is 1. The first kappa shape index (κ1) is 16.6. The van der Waals surface area contributed by atoms with Crippen molar-refractivity contribution in [2.24, 2.45) is 0 Å². The fourth-order valence-electron chi connectivity index (χ4n) is 3.58. The van der Waals surface area contributed by atoms with Gasteiger partial charge in [0.05, 0.1) is 10.0 Å². The Morgan fingerprint density at radius 2 is 1.90 bits per heavy atom. The van der Waals surface area contributed by atoms with Crippen LogP contribution in [0.25, 0.3) is 0 Å². The molecule has 0 unspecified atom stereocenters. The minimum atomic E-state index is -0.338. The van der Waals surface area contributed by atoms with Gasteiger partial charge in [-0.05, 0) is 53.5 Å². The van der Waals surface area contributed by atoms with Gasteiger partial charge in [-0.15, -0.1) is 0 Å². The largest absolute Gasteiger partial charge is 0.297 e. The van der Waals surface area contributed by atoms with E-state index in [0.717, 1.165) is 44.3 Å². The van der Waals surface area contributed by atoms with E-state index < -0.39 is 0 Å². The molecule has 0 heterocycles. The molecular formula is C17H23BrFNO. The molecule has 4 heteroatoms. The van der Waals surface area contributed by atoms with Crippen LogP contribution in [-0.2, 0) is 11.2 Å². The summed E-state index contributed by atoms with van der Waals surface area (Å²) in [7, 11) is 0. The summed E-state index contributed by atoms with van der Waals surface area (Å²) in [6, 6.07) is 4.91. The number of rotatable bonds is 6. The van der Waals surface area contributed by atoms with E-state index in [9.17, 15) is 9.18 Å². The van der Waals surface area contributed by atoms with Crippen molar-refractivity contribution in [2.45, 2.75) is 51.5 Å². The quantitative estimate of drug-likeness (QED) is 0.755.